The summed E-state index contributed by atoms with van der Waals surface area (Å²) in [5, 5.41) is 3.79. The van der Waals surface area contributed by atoms with Gasteiger partial charge in [0, 0.05) is 18.5 Å². The van der Waals surface area contributed by atoms with Gasteiger partial charge in [-0.1, -0.05) is 6.42 Å². The third-order valence-corrected chi connectivity index (χ3v) is 4.32. The molecule has 2 bridgehead atoms. The molecule has 2 saturated carbocycles. The Labute approximate surface area is 97.4 Å². The normalized spacial score (nSPS) is 34.4. The molecule has 1 aromatic rings. The number of fused-ring (bicyclic) bond motifs is 2. The van der Waals surface area contributed by atoms with Gasteiger partial charge in [-0.15, -0.1) is 0 Å². The lowest BCUT2D eigenvalue weighted by Crippen LogP contribution is -2.40. The first kappa shape index (κ1) is 10.4. The largest absolute Gasteiger partial charge is 0.469 e. The standard InChI is InChI=1S/C14H21NO/c1-10(7-13-3-2-6-16-13)15-14-9-11-4-5-12(14)8-11/h2-3,6,10-12,14-15H,4-5,7-9H2,1H3. The Kier molecular flexibility index (Phi) is 2.76. The summed E-state index contributed by atoms with van der Waals surface area (Å²) in [4.78, 5) is 0. The first-order chi connectivity index (χ1) is 7.81. The van der Waals surface area contributed by atoms with E-state index in [0.717, 1.165) is 30.1 Å². The van der Waals surface area contributed by atoms with Crippen molar-refractivity contribution in [1.82, 2.24) is 5.32 Å². The lowest BCUT2D eigenvalue weighted by Gasteiger charge is -2.26. The second-order valence-electron chi connectivity index (χ2n) is 5.63. The Hall–Kier alpha value is -0.760. The van der Waals surface area contributed by atoms with Crippen LogP contribution in [0.25, 0.3) is 0 Å². The van der Waals surface area contributed by atoms with Crippen LogP contribution in [0.2, 0.25) is 0 Å². The second-order valence-corrected chi connectivity index (χ2v) is 5.63. The van der Waals surface area contributed by atoms with Gasteiger partial charge in [-0.3, -0.25) is 0 Å². The molecule has 2 heteroatoms. The van der Waals surface area contributed by atoms with Gasteiger partial charge in [-0.25, -0.2) is 0 Å². The van der Waals surface area contributed by atoms with Crippen molar-refractivity contribution in [2.45, 2.75) is 51.1 Å². The van der Waals surface area contributed by atoms with Gasteiger partial charge in [0.2, 0.25) is 0 Å². The number of hydrogen-bond donors (Lipinski definition) is 1. The topological polar surface area (TPSA) is 25.2 Å². The molecule has 0 amide bonds. The summed E-state index contributed by atoms with van der Waals surface area (Å²) >= 11 is 0. The molecule has 2 fully saturated rings. The monoisotopic (exact) mass is 219 g/mol. The molecule has 0 radical (unpaired) electrons. The second kappa shape index (κ2) is 4.25. The van der Waals surface area contributed by atoms with E-state index in [0.29, 0.717) is 6.04 Å². The first-order valence-electron chi connectivity index (χ1n) is 6.59. The van der Waals surface area contributed by atoms with E-state index in [1.165, 1.54) is 25.7 Å². The van der Waals surface area contributed by atoms with Crippen LogP contribution in [0, 0.1) is 11.8 Å². The van der Waals surface area contributed by atoms with Crippen LogP contribution in [-0.2, 0) is 6.42 Å². The summed E-state index contributed by atoms with van der Waals surface area (Å²) in [6.45, 7) is 2.27. The molecule has 88 valence electrons. The van der Waals surface area contributed by atoms with E-state index in [9.17, 15) is 0 Å². The van der Waals surface area contributed by atoms with Gasteiger partial charge in [-0.05, 0) is 50.2 Å². The maximum atomic E-state index is 5.39. The van der Waals surface area contributed by atoms with Crippen LogP contribution >= 0.6 is 0 Å². The van der Waals surface area contributed by atoms with Crippen molar-refractivity contribution in [3.63, 3.8) is 0 Å². The Morgan fingerprint density at radius 1 is 1.44 bits per heavy atom. The SMILES string of the molecule is CC(Cc1ccco1)NC1CC2CCC1C2. The molecule has 2 nitrogen and oxygen atoms in total. The van der Waals surface area contributed by atoms with Crippen LogP contribution in [0.15, 0.2) is 22.8 Å². The summed E-state index contributed by atoms with van der Waals surface area (Å²) in [5.74, 6) is 3.09. The zero-order chi connectivity index (χ0) is 11.0. The maximum absolute atomic E-state index is 5.39. The van der Waals surface area contributed by atoms with Crippen molar-refractivity contribution < 1.29 is 4.42 Å². The Morgan fingerprint density at radius 3 is 3.00 bits per heavy atom. The van der Waals surface area contributed by atoms with E-state index in [1.807, 2.05) is 6.07 Å². The average Bonchev–Trinajstić information content (AvgIpc) is 2.92. The van der Waals surface area contributed by atoms with Crippen molar-refractivity contribution in [2.75, 3.05) is 0 Å². The van der Waals surface area contributed by atoms with Crippen molar-refractivity contribution in [1.29, 1.82) is 0 Å². The van der Waals surface area contributed by atoms with Crippen molar-refractivity contribution in [3.05, 3.63) is 24.2 Å². The Balaban J connectivity index is 1.51. The van der Waals surface area contributed by atoms with E-state index < -0.39 is 0 Å². The molecule has 2 aliphatic carbocycles. The lowest BCUT2D eigenvalue weighted by molar-refractivity contribution is 0.317. The molecule has 1 aromatic heterocycles. The number of furan rings is 1. The smallest absolute Gasteiger partial charge is 0.105 e. The summed E-state index contributed by atoms with van der Waals surface area (Å²) in [6, 6.07) is 5.36. The lowest BCUT2D eigenvalue weighted by atomic mass is 9.94. The van der Waals surface area contributed by atoms with Crippen molar-refractivity contribution in [3.8, 4) is 0 Å². The fourth-order valence-corrected chi connectivity index (χ4v) is 3.60. The molecule has 4 atom stereocenters. The zero-order valence-corrected chi connectivity index (χ0v) is 9.99. The zero-order valence-electron chi connectivity index (χ0n) is 9.99. The molecule has 16 heavy (non-hydrogen) atoms. The van der Waals surface area contributed by atoms with E-state index >= 15 is 0 Å². The molecular formula is C14H21NO. The molecule has 0 aromatic carbocycles. The highest BCUT2D eigenvalue weighted by Crippen LogP contribution is 2.44. The molecule has 1 heterocycles. The highest BCUT2D eigenvalue weighted by molar-refractivity contribution is 5.01. The van der Waals surface area contributed by atoms with Crippen molar-refractivity contribution in [2.24, 2.45) is 11.8 Å². The summed E-state index contributed by atoms with van der Waals surface area (Å²) < 4.78 is 5.39. The number of rotatable bonds is 4. The highest BCUT2D eigenvalue weighted by Gasteiger charge is 2.39. The first-order valence-corrected chi connectivity index (χ1v) is 6.59. The van der Waals surface area contributed by atoms with Gasteiger partial charge in [0.1, 0.15) is 5.76 Å². The third-order valence-electron chi connectivity index (χ3n) is 4.32. The van der Waals surface area contributed by atoms with Crippen LogP contribution in [0.3, 0.4) is 0 Å². The van der Waals surface area contributed by atoms with Crippen LogP contribution in [0.5, 0.6) is 0 Å². The van der Waals surface area contributed by atoms with Crippen molar-refractivity contribution >= 4 is 0 Å². The molecule has 2 aliphatic rings. The molecule has 0 spiro atoms. The van der Waals surface area contributed by atoms with E-state index in [-0.39, 0.29) is 0 Å². The average molecular weight is 219 g/mol. The summed E-state index contributed by atoms with van der Waals surface area (Å²) in [5.41, 5.74) is 0. The van der Waals surface area contributed by atoms with Gasteiger partial charge in [0.05, 0.1) is 6.26 Å². The number of nitrogens with one attached hydrogen (secondary N) is 1. The molecule has 1 N–H and O–H groups in total. The van der Waals surface area contributed by atoms with Crippen LogP contribution < -0.4 is 5.32 Å². The quantitative estimate of drug-likeness (QED) is 0.842. The fraction of sp³-hybridized carbons (Fsp3) is 0.714. The molecule has 0 saturated heterocycles. The fourth-order valence-electron chi connectivity index (χ4n) is 3.60. The number of hydrogen-bond acceptors (Lipinski definition) is 2. The highest BCUT2D eigenvalue weighted by atomic mass is 16.3. The van der Waals surface area contributed by atoms with Crippen LogP contribution in [0.1, 0.15) is 38.4 Å². The van der Waals surface area contributed by atoms with Gasteiger partial charge < -0.3 is 9.73 Å². The van der Waals surface area contributed by atoms with E-state index in [1.54, 1.807) is 6.26 Å². The minimum absolute atomic E-state index is 0.537. The molecular weight excluding hydrogens is 198 g/mol. The van der Waals surface area contributed by atoms with Gasteiger partial charge >= 0.3 is 0 Å². The minimum atomic E-state index is 0.537. The Bertz CT molecular complexity index is 333. The predicted molar refractivity (Wildman–Crippen MR) is 64.2 cm³/mol. The summed E-state index contributed by atoms with van der Waals surface area (Å²) in [6.07, 6.45) is 8.60. The third kappa shape index (κ3) is 2.03. The maximum Gasteiger partial charge on any atom is 0.105 e. The predicted octanol–water partition coefficient (Wildman–Crippen LogP) is 2.99. The van der Waals surface area contributed by atoms with E-state index in [4.69, 9.17) is 4.42 Å². The van der Waals surface area contributed by atoms with Gasteiger partial charge in [0.15, 0.2) is 0 Å². The van der Waals surface area contributed by atoms with Crippen LogP contribution in [-0.4, -0.2) is 12.1 Å². The van der Waals surface area contributed by atoms with Gasteiger partial charge in [0.25, 0.3) is 0 Å². The van der Waals surface area contributed by atoms with E-state index in [2.05, 4.69) is 18.3 Å². The molecule has 3 rings (SSSR count). The van der Waals surface area contributed by atoms with Crippen LogP contribution in [0.4, 0.5) is 0 Å². The molecule has 0 aliphatic heterocycles. The van der Waals surface area contributed by atoms with Gasteiger partial charge in [-0.2, -0.15) is 0 Å². The Morgan fingerprint density at radius 2 is 2.38 bits per heavy atom. The minimum Gasteiger partial charge on any atom is -0.469 e. The molecule has 4 unspecified atom stereocenters. The summed E-state index contributed by atoms with van der Waals surface area (Å²) in [7, 11) is 0.